The van der Waals surface area contributed by atoms with Crippen LogP contribution in [0.2, 0.25) is 0 Å². The van der Waals surface area contributed by atoms with Gasteiger partial charge in [0.15, 0.2) is 0 Å². The first-order chi connectivity index (χ1) is 5.68. The van der Waals surface area contributed by atoms with Crippen molar-refractivity contribution in [3.63, 3.8) is 0 Å². The highest BCUT2D eigenvalue weighted by atomic mass is 32.2. The lowest BCUT2D eigenvalue weighted by Crippen LogP contribution is -2.44. The zero-order valence-electron chi connectivity index (χ0n) is 7.92. The molecule has 2 N–H and O–H groups in total. The van der Waals surface area contributed by atoms with Gasteiger partial charge in [-0.05, 0) is 13.8 Å². The molecule has 0 radical (unpaired) electrons. The molecule has 1 unspecified atom stereocenters. The fraction of sp³-hybridized carbons (Fsp3) is 0.833. The lowest BCUT2D eigenvalue weighted by molar-refractivity contribution is -0.117. The van der Waals surface area contributed by atoms with Crippen molar-refractivity contribution < 1.29 is 13.2 Å². The summed E-state index contributed by atoms with van der Waals surface area (Å²) < 4.78 is 24.4. The topological polar surface area (TPSA) is 75.3 Å². The lowest BCUT2D eigenvalue weighted by atomic mass is 10.1. The zero-order chi connectivity index (χ0) is 10.7. The van der Waals surface area contributed by atoms with Crippen LogP contribution in [0.3, 0.4) is 0 Å². The summed E-state index contributed by atoms with van der Waals surface area (Å²) in [5, 5.41) is 2.76. The molecule has 78 valence electrons. The summed E-state index contributed by atoms with van der Waals surface area (Å²) in [6.45, 7) is 4.61. The molecule has 1 atom stereocenters. The Morgan fingerprint density at radius 2 is 1.92 bits per heavy atom. The number of carbonyl (C=O) groups is 1. The molecule has 0 aromatic rings. The normalized spacial score (nSPS) is 12.6. The molecule has 0 aromatic heterocycles. The maximum atomic E-state index is 11.2. The average molecular weight is 226 g/mol. The van der Waals surface area contributed by atoms with Crippen LogP contribution in [-0.4, -0.2) is 25.6 Å². The van der Waals surface area contributed by atoms with Gasteiger partial charge >= 0.3 is 0 Å². The molecule has 0 fully saturated rings. The summed E-state index contributed by atoms with van der Waals surface area (Å²) in [6, 6.07) is 0. The highest BCUT2D eigenvalue weighted by Crippen LogP contribution is 2.07. The molecule has 0 heterocycles. The van der Waals surface area contributed by atoms with Crippen molar-refractivity contribution in [2.75, 3.05) is 5.75 Å². The van der Waals surface area contributed by atoms with E-state index in [1.54, 1.807) is 13.8 Å². The van der Waals surface area contributed by atoms with Crippen LogP contribution in [0.1, 0.15) is 20.8 Å². The molecule has 0 rings (SSSR count). The monoisotopic (exact) mass is 226 g/mol. The van der Waals surface area contributed by atoms with Crippen molar-refractivity contribution in [1.29, 1.82) is 0 Å². The molecule has 0 aliphatic carbocycles. The molecular formula is C6H15N2O3PS. The summed E-state index contributed by atoms with van der Waals surface area (Å²) in [7, 11) is -1.28. The van der Waals surface area contributed by atoms with Gasteiger partial charge in [-0.2, -0.15) is 0 Å². The number of rotatable bonds is 4. The lowest BCUT2D eigenvalue weighted by Gasteiger charge is -2.22. The summed E-state index contributed by atoms with van der Waals surface area (Å²) in [6.07, 6.45) is 0. The summed E-state index contributed by atoms with van der Waals surface area (Å²) >= 11 is 0. The quantitative estimate of drug-likeness (QED) is 0.640. The molecule has 13 heavy (non-hydrogen) atoms. The van der Waals surface area contributed by atoms with Gasteiger partial charge < -0.3 is 0 Å². The maximum Gasteiger partial charge on any atom is 0.236 e. The van der Waals surface area contributed by atoms with Crippen molar-refractivity contribution in [2.24, 2.45) is 0 Å². The third-order valence-electron chi connectivity index (χ3n) is 1.24. The first-order valence-electron chi connectivity index (χ1n) is 3.67. The zero-order valence-corrected chi connectivity index (χ0v) is 9.89. The smallest absolute Gasteiger partial charge is 0.236 e. The van der Waals surface area contributed by atoms with Gasteiger partial charge in [0.05, 0.1) is 5.75 Å². The van der Waals surface area contributed by atoms with E-state index in [9.17, 15) is 13.2 Å². The predicted molar refractivity (Wildman–Crippen MR) is 54.5 cm³/mol. The minimum Gasteiger partial charge on any atom is -0.294 e. The van der Waals surface area contributed by atoms with Crippen LogP contribution in [0.4, 0.5) is 0 Å². The van der Waals surface area contributed by atoms with Gasteiger partial charge in [0.2, 0.25) is 15.9 Å². The number of amides is 1. The highest BCUT2D eigenvalue weighted by molar-refractivity contribution is 7.90. The van der Waals surface area contributed by atoms with Crippen molar-refractivity contribution in [3.05, 3.63) is 0 Å². The second kappa shape index (κ2) is 4.35. The van der Waals surface area contributed by atoms with Crippen LogP contribution < -0.4 is 9.81 Å². The number of hydrogen-bond acceptors (Lipinski definition) is 4. The van der Waals surface area contributed by atoms with Crippen LogP contribution in [-0.2, 0) is 14.8 Å². The summed E-state index contributed by atoms with van der Waals surface area (Å²) in [5.74, 6) is -0.720. The van der Waals surface area contributed by atoms with Gasteiger partial charge in [0.1, 0.15) is 0 Å². The third-order valence-corrected chi connectivity index (χ3v) is 3.72. The minimum atomic E-state index is -3.53. The maximum absolute atomic E-state index is 11.2. The Kier molecular flexibility index (Phi) is 4.29. The molecule has 1 amide bonds. The van der Waals surface area contributed by atoms with Gasteiger partial charge in [0.25, 0.3) is 0 Å². The van der Waals surface area contributed by atoms with Crippen LogP contribution >= 0.6 is 9.39 Å². The standard InChI is InChI=1S/C6H15N2O3PS/c1-5(9)7-13(10,11)4-6(2,3)8-12/h8H,4,12H2,1-3H3,(H,7,9). The largest absolute Gasteiger partial charge is 0.294 e. The van der Waals surface area contributed by atoms with E-state index in [1.165, 1.54) is 6.92 Å². The van der Waals surface area contributed by atoms with Crippen molar-refractivity contribution in [2.45, 2.75) is 26.3 Å². The fourth-order valence-corrected chi connectivity index (χ4v) is 2.57. The third kappa shape index (κ3) is 5.96. The second-order valence-corrected chi connectivity index (χ2v) is 5.46. The Morgan fingerprint density at radius 1 is 1.46 bits per heavy atom. The molecule has 0 aromatic carbocycles. The molecule has 0 aliphatic heterocycles. The van der Waals surface area contributed by atoms with Crippen LogP contribution in [0.15, 0.2) is 0 Å². The first-order valence-corrected chi connectivity index (χ1v) is 5.90. The van der Waals surface area contributed by atoms with Crippen LogP contribution in [0, 0.1) is 0 Å². The van der Waals surface area contributed by atoms with Gasteiger partial charge in [0, 0.05) is 12.5 Å². The Hall–Kier alpha value is -0.190. The molecule has 0 bridgehead atoms. The van der Waals surface area contributed by atoms with E-state index in [-0.39, 0.29) is 5.75 Å². The van der Waals surface area contributed by atoms with Crippen molar-refractivity contribution in [1.82, 2.24) is 9.81 Å². The van der Waals surface area contributed by atoms with E-state index < -0.39 is 21.5 Å². The molecule has 7 heteroatoms. The Labute approximate surface area is 81.0 Å². The molecular weight excluding hydrogens is 211 g/mol. The number of hydrogen-bond donors (Lipinski definition) is 2. The van der Waals surface area contributed by atoms with E-state index >= 15 is 0 Å². The predicted octanol–water partition coefficient (Wildman–Crippen LogP) is -0.389. The molecule has 0 spiro atoms. The van der Waals surface area contributed by atoms with Crippen LogP contribution in [0.25, 0.3) is 0 Å². The van der Waals surface area contributed by atoms with E-state index in [0.717, 1.165) is 0 Å². The van der Waals surface area contributed by atoms with E-state index in [1.807, 2.05) is 4.72 Å². The highest BCUT2D eigenvalue weighted by Gasteiger charge is 2.24. The SMILES string of the molecule is CC(=O)NS(=O)(=O)CC(C)(C)NP. The second-order valence-electron chi connectivity index (χ2n) is 3.45. The van der Waals surface area contributed by atoms with Crippen LogP contribution in [0.5, 0.6) is 0 Å². The molecule has 0 aliphatic rings. The van der Waals surface area contributed by atoms with E-state index in [2.05, 4.69) is 14.5 Å². The van der Waals surface area contributed by atoms with Gasteiger partial charge in [-0.25, -0.2) is 8.42 Å². The number of carbonyl (C=O) groups excluding carboxylic acids is 1. The summed E-state index contributed by atoms with van der Waals surface area (Å²) in [4.78, 5) is 10.5. The first kappa shape index (κ1) is 12.8. The number of sulfonamides is 1. The number of nitrogens with one attached hydrogen (secondary N) is 2. The van der Waals surface area contributed by atoms with Gasteiger partial charge in [-0.15, -0.1) is 0 Å². The van der Waals surface area contributed by atoms with Crippen molar-refractivity contribution >= 4 is 25.3 Å². The van der Waals surface area contributed by atoms with Crippen molar-refractivity contribution in [3.8, 4) is 0 Å². The van der Waals surface area contributed by atoms with Gasteiger partial charge in [-0.3, -0.25) is 14.6 Å². The van der Waals surface area contributed by atoms with E-state index in [0.29, 0.717) is 0 Å². The van der Waals surface area contributed by atoms with Gasteiger partial charge in [-0.1, -0.05) is 9.39 Å². The molecule has 5 nitrogen and oxygen atoms in total. The molecule has 0 saturated carbocycles. The Bertz CT molecular complexity index is 286. The Morgan fingerprint density at radius 3 is 2.23 bits per heavy atom. The fourth-order valence-electron chi connectivity index (χ4n) is 0.772. The Balaban J connectivity index is 4.44. The minimum absolute atomic E-state index is 0.150. The summed E-state index contributed by atoms with van der Waals surface area (Å²) in [5.41, 5.74) is -0.577. The average Bonchev–Trinajstić information content (AvgIpc) is 1.81. The molecule has 0 saturated heterocycles. The van der Waals surface area contributed by atoms with E-state index in [4.69, 9.17) is 0 Å².